The molecule has 1 aromatic rings. The van der Waals surface area contributed by atoms with Gasteiger partial charge in [-0.25, -0.2) is 9.78 Å². The molecule has 0 aliphatic carbocycles. The average Bonchev–Trinajstić information content (AvgIpc) is 2.85. The van der Waals surface area contributed by atoms with Crippen molar-refractivity contribution in [1.82, 2.24) is 9.88 Å². The Morgan fingerprint density at radius 2 is 2.19 bits per heavy atom. The van der Waals surface area contributed by atoms with Crippen molar-refractivity contribution in [1.29, 1.82) is 0 Å². The lowest BCUT2D eigenvalue weighted by molar-refractivity contribution is 0.0696. The molecule has 1 atom stereocenters. The van der Waals surface area contributed by atoms with Crippen LogP contribution in [0.5, 0.6) is 0 Å². The minimum atomic E-state index is -0.885. The van der Waals surface area contributed by atoms with Crippen LogP contribution in [0.2, 0.25) is 0 Å². The number of hydrogen-bond donors (Lipinski definition) is 1. The van der Waals surface area contributed by atoms with E-state index in [1.54, 1.807) is 12.1 Å². The van der Waals surface area contributed by atoms with Crippen LogP contribution in [0.4, 0.5) is 5.82 Å². The molecule has 1 unspecified atom stereocenters. The van der Waals surface area contributed by atoms with Crippen LogP contribution in [0.25, 0.3) is 0 Å². The molecule has 5 heteroatoms. The summed E-state index contributed by atoms with van der Waals surface area (Å²) in [6, 6.07) is 3.81. The Labute approximate surface area is 126 Å². The van der Waals surface area contributed by atoms with Crippen LogP contribution in [0, 0.1) is 0 Å². The van der Waals surface area contributed by atoms with Gasteiger partial charge in [0.15, 0.2) is 0 Å². The number of carboxylic acid groups (broad SMARTS) is 1. The summed E-state index contributed by atoms with van der Waals surface area (Å²) in [6.45, 7) is 6.00. The van der Waals surface area contributed by atoms with E-state index in [-0.39, 0.29) is 5.92 Å². The lowest BCUT2D eigenvalue weighted by Gasteiger charge is -2.28. The summed E-state index contributed by atoms with van der Waals surface area (Å²) in [5, 5.41) is 9.32. The maximum atomic E-state index is 11.3. The van der Waals surface area contributed by atoms with Gasteiger partial charge in [-0.05, 0) is 45.0 Å². The third-order valence-corrected chi connectivity index (χ3v) is 3.92. The predicted octanol–water partition coefficient (Wildman–Crippen LogP) is 2.43. The molecule has 116 valence electrons. The van der Waals surface area contributed by atoms with Crippen LogP contribution >= 0.6 is 0 Å². The van der Waals surface area contributed by atoms with Crippen LogP contribution in [-0.4, -0.2) is 54.2 Å². The molecule has 0 aromatic carbocycles. The Kier molecular flexibility index (Phi) is 4.83. The molecule has 0 bridgehead atoms. The van der Waals surface area contributed by atoms with Crippen molar-refractivity contribution in [3.63, 3.8) is 0 Å². The molecule has 0 amide bonds. The maximum absolute atomic E-state index is 11.3. The Balaban J connectivity index is 2.35. The Hall–Kier alpha value is -1.62. The molecule has 1 N–H and O–H groups in total. The normalized spacial score (nSPS) is 18.8. The van der Waals surface area contributed by atoms with Crippen molar-refractivity contribution in [3.05, 3.63) is 23.4 Å². The summed E-state index contributed by atoms with van der Waals surface area (Å²) in [6.07, 6.45) is 2.27. The topological polar surface area (TPSA) is 56.7 Å². The van der Waals surface area contributed by atoms with Gasteiger partial charge in [-0.15, -0.1) is 0 Å². The average molecular weight is 291 g/mol. The number of hydrogen-bond acceptors (Lipinski definition) is 4. The number of carbonyl (C=O) groups is 1. The number of anilines is 1. The summed E-state index contributed by atoms with van der Waals surface area (Å²) in [5.74, 6) is 0.143. The van der Waals surface area contributed by atoms with Gasteiger partial charge in [-0.2, -0.15) is 0 Å². The second-order valence-electron chi connectivity index (χ2n) is 6.35. The lowest BCUT2D eigenvalue weighted by Crippen LogP contribution is -2.38. The minimum Gasteiger partial charge on any atom is -0.478 e. The largest absolute Gasteiger partial charge is 0.478 e. The van der Waals surface area contributed by atoms with Crippen molar-refractivity contribution in [2.75, 3.05) is 32.1 Å². The van der Waals surface area contributed by atoms with Gasteiger partial charge in [-0.1, -0.05) is 13.8 Å². The van der Waals surface area contributed by atoms with E-state index in [2.05, 4.69) is 23.9 Å². The van der Waals surface area contributed by atoms with Crippen molar-refractivity contribution in [2.24, 2.45) is 0 Å². The number of aromatic carboxylic acids is 1. The highest BCUT2D eigenvalue weighted by Crippen LogP contribution is 2.27. The Morgan fingerprint density at radius 3 is 2.76 bits per heavy atom. The number of carboxylic acids is 1. The van der Waals surface area contributed by atoms with Crippen molar-refractivity contribution in [3.8, 4) is 0 Å². The van der Waals surface area contributed by atoms with E-state index in [9.17, 15) is 9.90 Å². The van der Waals surface area contributed by atoms with Gasteiger partial charge in [0, 0.05) is 24.8 Å². The van der Waals surface area contributed by atoms with E-state index in [1.165, 1.54) is 0 Å². The van der Waals surface area contributed by atoms with Crippen molar-refractivity contribution in [2.45, 2.75) is 38.6 Å². The smallest absolute Gasteiger partial charge is 0.335 e. The fourth-order valence-corrected chi connectivity index (χ4v) is 2.85. The Morgan fingerprint density at radius 1 is 1.48 bits per heavy atom. The summed E-state index contributed by atoms with van der Waals surface area (Å²) in [5.41, 5.74) is 1.18. The van der Waals surface area contributed by atoms with Crippen LogP contribution in [0.3, 0.4) is 0 Å². The van der Waals surface area contributed by atoms with E-state index >= 15 is 0 Å². The van der Waals surface area contributed by atoms with Crippen LogP contribution < -0.4 is 4.90 Å². The molecular weight excluding hydrogens is 266 g/mol. The van der Waals surface area contributed by atoms with Gasteiger partial charge in [0.05, 0.1) is 5.56 Å². The van der Waals surface area contributed by atoms with E-state index < -0.39 is 5.97 Å². The molecular formula is C16H25N3O2. The summed E-state index contributed by atoms with van der Waals surface area (Å²) >= 11 is 0. The van der Waals surface area contributed by atoms with Gasteiger partial charge >= 0.3 is 5.97 Å². The molecule has 0 radical (unpaired) electrons. The van der Waals surface area contributed by atoms with E-state index in [0.29, 0.717) is 11.6 Å². The first-order valence-electron chi connectivity index (χ1n) is 7.55. The summed E-state index contributed by atoms with van der Waals surface area (Å²) < 4.78 is 0. The van der Waals surface area contributed by atoms with Crippen LogP contribution in [0.15, 0.2) is 12.1 Å². The zero-order valence-electron chi connectivity index (χ0n) is 13.3. The monoisotopic (exact) mass is 291 g/mol. The Bertz CT molecular complexity index is 514. The van der Waals surface area contributed by atoms with Crippen LogP contribution in [0.1, 0.15) is 48.7 Å². The van der Waals surface area contributed by atoms with Gasteiger partial charge < -0.3 is 14.9 Å². The lowest BCUT2D eigenvalue weighted by atomic mass is 10.1. The summed E-state index contributed by atoms with van der Waals surface area (Å²) in [7, 11) is 4.13. The first-order valence-corrected chi connectivity index (χ1v) is 7.55. The third kappa shape index (κ3) is 3.73. The van der Waals surface area contributed by atoms with E-state index in [1.807, 2.05) is 13.8 Å². The maximum Gasteiger partial charge on any atom is 0.335 e. The molecule has 1 saturated heterocycles. The zero-order chi connectivity index (χ0) is 15.6. The molecule has 1 aliphatic heterocycles. The standard InChI is InChI=1S/C16H25N3O2/c1-11(2)14-8-12(16(20)21)9-15(17-14)19-7-5-6-13(19)10-18(3)4/h8-9,11,13H,5-7,10H2,1-4H3,(H,20,21). The minimum absolute atomic E-state index is 0.220. The number of rotatable bonds is 5. The number of pyridine rings is 1. The first-order chi connectivity index (χ1) is 9.88. The predicted molar refractivity (Wildman–Crippen MR) is 84.2 cm³/mol. The molecule has 21 heavy (non-hydrogen) atoms. The fourth-order valence-electron chi connectivity index (χ4n) is 2.85. The SMILES string of the molecule is CC(C)c1cc(C(=O)O)cc(N2CCCC2CN(C)C)n1. The highest BCUT2D eigenvalue weighted by atomic mass is 16.4. The summed E-state index contributed by atoms with van der Waals surface area (Å²) in [4.78, 5) is 20.5. The molecule has 0 spiro atoms. The first kappa shape index (κ1) is 15.8. The van der Waals surface area contributed by atoms with Crippen LogP contribution in [-0.2, 0) is 0 Å². The molecule has 2 rings (SSSR count). The van der Waals surface area contributed by atoms with Crippen molar-refractivity contribution < 1.29 is 9.90 Å². The van der Waals surface area contributed by atoms with E-state index in [4.69, 9.17) is 4.98 Å². The van der Waals surface area contributed by atoms with Gasteiger partial charge in [-0.3, -0.25) is 0 Å². The number of likely N-dealkylation sites (N-methyl/N-ethyl adjacent to an activating group) is 1. The molecule has 1 aromatic heterocycles. The van der Waals surface area contributed by atoms with Gasteiger partial charge in [0.2, 0.25) is 0 Å². The number of nitrogens with zero attached hydrogens (tertiary/aromatic N) is 3. The highest BCUT2D eigenvalue weighted by molar-refractivity contribution is 5.88. The highest BCUT2D eigenvalue weighted by Gasteiger charge is 2.27. The third-order valence-electron chi connectivity index (χ3n) is 3.92. The second-order valence-corrected chi connectivity index (χ2v) is 6.35. The zero-order valence-corrected chi connectivity index (χ0v) is 13.3. The number of aromatic nitrogens is 1. The molecule has 1 aliphatic rings. The van der Waals surface area contributed by atoms with Gasteiger partial charge in [0.1, 0.15) is 5.82 Å². The van der Waals surface area contributed by atoms with Crippen molar-refractivity contribution >= 4 is 11.8 Å². The molecule has 0 saturated carbocycles. The second kappa shape index (κ2) is 6.43. The fraction of sp³-hybridized carbons (Fsp3) is 0.625. The van der Waals surface area contributed by atoms with Gasteiger partial charge in [0.25, 0.3) is 0 Å². The molecule has 1 fully saturated rings. The quantitative estimate of drug-likeness (QED) is 0.903. The molecule has 5 nitrogen and oxygen atoms in total. The molecule has 2 heterocycles. The van der Waals surface area contributed by atoms with E-state index in [0.717, 1.165) is 37.4 Å².